The van der Waals surface area contributed by atoms with E-state index in [4.69, 9.17) is 4.74 Å². The van der Waals surface area contributed by atoms with Gasteiger partial charge < -0.3 is 10.1 Å². The molecule has 0 aliphatic heterocycles. The number of nitrogens with zero attached hydrogens (tertiary/aromatic N) is 2. The largest absolute Gasteiger partial charge is 0.419 e. The maximum absolute atomic E-state index is 5.58. The maximum atomic E-state index is 5.58. The summed E-state index contributed by atoms with van der Waals surface area (Å²) in [6.45, 7) is 2.80. The third kappa shape index (κ3) is 2.87. The van der Waals surface area contributed by atoms with Gasteiger partial charge in [-0.25, -0.2) is 4.98 Å². The highest BCUT2D eigenvalue weighted by molar-refractivity contribution is 5.25. The van der Waals surface area contributed by atoms with Crippen molar-refractivity contribution in [2.24, 2.45) is 0 Å². The number of aromatic nitrogens is 3. The molecule has 2 aromatic rings. The van der Waals surface area contributed by atoms with Crippen LogP contribution in [0.1, 0.15) is 24.1 Å². The van der Waals surface area contributed by atoms with Crippen molar-refractivity contribution < 1.29 is 4.74 Å². The van der Waals surface area contributed by atoms with E-state index in [0.29, 0.717) is 17.8 Å². The van der Waals surface area contributed by atoms with Crippen LogP contribution in [0.4, 0.5) is 0 Å². The topological polar surface area (TPSA) is 62.8 Å². The van der Waals surface area contributed by atoms with Gasteiger partial charge in [0.25, 0.3) is 0 Å². The van der Waals surface area contributed by atoms with E-state index in [0.717, 1.165) is 12.2 Å². The maximum Gasteiger partial charge on any atom is 0.240 e. The number of H-pyrrole nitrogens is 1. The molecule has 0 amide bonds. The molecule has 0 radical (unpaired) electrons. The van der Waals surface area contributed by atoms with Crippen LogP contribution in [0.2, 0.25) is 0 Å². The van der Waals surface area contributed by atoms with Crippen LogP contribution in [-0.2, 0) is 6.54 Å². The average molecular weight is 244 g/mol. The molecular weight excluding hydrogens is 228 g/mol. The van der Waals surface area contributed by atoms with E-state index in [-0.39, 0.29) is 0 Å². The standard InChI is InChI=1S/C13H16N4O/c1-9-6-13(17-16-9)18-12-7-10(4-5-14-12)8-15-11-2-3-11/h4-7,11,15H,2-3,8H2,1H3,(H,16,17). The quantitative estimate of drug-likeness (QED) is 0.846. The molecule has 0 atom stereocenters. The highest BCUT2D eigenvalue weighted by Gasteiger charge is 2.19. The SMILES string of the molecule is Cc1cc(Oc2cc(CNC3CC3)ccn2)n[nH]1. The molecule has 0 unspecified atom stereocenters. The molecule has 5 nitrogen and oxygen atoms in total. The first kappa shape index (κ1) is 11.2. The number of aromatic amines is 1. The van der Waals surface area contributed by atoms with Crippen molar-refractivity contribution >= 4 is 0 Å². The van der Waals surface area contributed by atoms with Gasteiger partial charge in [0.1, 0.15) is 0 Å². The lowest BCUT2D eigenvalue weighted by molar-refractivity contribution is 0.442. The highest BCUT2D eigenvalue weighted by Crippen LogP contribution is 2.21. The molecule has 2 aromatic heterocycles. The Labute approximate surface area is 106 Å². The third-order valence-corrected chi connectivity index (χ3v) is 2.86. The van der Waals surface area contributed by atoms with Crippen molar-refractivity contribution in [2.45, 2.75) is 32.4 Å². The van der Waals surface area contributed by atoms with Crippen molar-refractivity contribution in [3.05, 3.63) is 35.7 Å². The molecule has 2 heterocycles. The van der Waals surface area contributed by atoms with Gasteiger partial charge in [-0.05, 0) is 31.4 Å². The number of hydrogen-bond donors (Lipinski definition) is 2. The fraction of sp³-hybridized carbons (Fsp3) is 0.385. The second-order valence-electron chi connectivity index (χ2n) is 4.65. The molecule has 0 saturated heterocycles. The molecule has 0 bridgehead atoms. The number of hydrogen-bond acceptors (Lipinski definition) is 4. The van der Waals surface area contributed by atoms with Gasteiger partial charge in [0.05, 0.1) is 0 Å². The minimum atomic E-state index is 0.548. The summed E-state index contributed by atoms with van der Waals surface area (Å²) in [5, 5.41) is 10.3. The van der Waals surface area contributed by atoms with Crippen LogP contribution in [0.25, 0.3) is 0 Å². The molecule has 94 valence electrons. The van der Waals surface area contributed by atoms with Gasteiger partial charge in [0, 0.05) is 36.6 Å². The van der Waals surface area contributed by atoms with Crippen LogP contribution < -0.4 is 10.1 Å². The summed E-state index contributed by atoms with van der Waals surface area (Å²) in [5.74, 6) is 1.13. The number of rotatable bonds is 5. The van der Waals surface area contributed by atoms with Gasteiger partial charge in [-0.3, -0.25) is 5.10 Å². The first-order valence-electron chi connectivity index (χ1n) is 6.18. The summed E-state index contributed by atoms with van der Waals surface area (Å²) in [5.41, 5.74) is 2.15. The molecule has 0 aromatic carbocycles. The molecule has 5 heteroatoms. The van der Waals surface area contributed by atoms with Gasteiger partial charge in [0.15, 0.2) is 0 Å². The number of pyridine rings is 1. The predicted octanol–water partition coefficient (Wildman–Crippen LogP) is 2.16. The molecule has 2 N–H and O–H groups in total. The van der Waals surface area contributed by atoms with Crippen LogP contribution in [0.5, 0.6) is 11.8 Å². The number of aryl methyl sites for hydroxylation is 1. The summed E-state index contributed by atoms with van der Waals surface area (Å²) in [6, 6.07) is 6.49. The first-order chi connectivity index (χ1) is 8.79. The Morgan fingerprint density at radius 1 is 1.39 bits per heavy atom. The predicted molar refractivity (Wildman–Crippen MR) is 67.5 cm³/mol. The molecule has 1 aliphatic rings. The normalized spacial score (nSPS) is 14.7. The second-order valence-corrected chi connectivity index (χ2v) is 4.65. The number of nitrogens with one attached hydrogen (secondary N) is 2. The lowest BCUT2D eigenvalue weighted by atomic mass is 10.2. The average Bonchev–Trinajstić information content (AvgIpc) is 3.11. The van der Waals surface area contributed by atoms with Crippen molar-refractivity contribution in [1.82, 2.24) is 20.5 Å². The Morgan fingerprint density at radius 2 is 2.28 bits per heavy atom. The van der Waals surface area contributed by atoms with Crippen LogP contribution in [0.3, 0.4) is 0 Å². The Bertz CT molecular complexity index is 533. The fourth-order valence-electron chi connectivity index (χ4n) is 1.72. The summed E-state index contributed by atoms with van der Waals surface area (Å²) < 4.78 is 5.58. The van der Waals surface area contributed by atoms with Gasteiger partial charge in [0.2, 0.25) is 11.8 Å². The van der Waals surface area contributed by atoms with E-state index in [1.165, 1.54) is 18.4 Å². The molecule has 3 rings (SSSR count). The molecule has 0 spiro atoms. The van der Waals surface area contributed by atoms with E-state index in [1.54, 1.807) is 6.20 Å². The Balaban J connectivity index is 1.65. The Hall–Kier alpha value is -1.88. The molecule has 18 heavy (non-hydrogen) atoms. The molecular formula is C13H16N4O. The lowest BCUT2D eigenvalue weighted by Crippen LogP contribution is -2.15. The van der Waals surface area contributed by atoms with Crippen molar-refractivity contribution in [3.63, 3.8) is 0 Å². The Morgan fingerprint density at radius 3 is 3.00 bits per heavy atom. The zero-order valence-electron chi connectivity index (χ0n) is 10.3. The van der Waals surface area contributed by atoms with E-state index >= 15 is 0 Å². The fourth-order valence-corrected chi connectivity index (χ4v) is 1.72. The van der Waals surface area contributed by atoms with Crippen LogP contribution in [0.15, 0.2) is 24.4 Å². The van der Waals surface area contributed by atoms with E-state index < -0.39 is 0 Å². The highest BCUT2D eigenvalue weighted by atomic mass is 16.5. The summed E-state index contributed by atoms with van der Waals surface area (Å²) in [7, 11) is 0. The number of ether oxygens (including phenoxy) is 1. The lowest BCUT2D eigenvalue weighted by Gasteiger charge is -2.05. The van der Waals surface area contributed by atoms with Crippen LogP contribution in [0, 0.1) is 6.92 Å². The zero-order valence-corrected chi connectivity index (χ0v) is 10.3. The third-order valence-electron chi connectivity index (χ3n) is 2.86. The minimum absolute atomic E-state index is 0.548. The van der Waals surface area contributed by atoms with Gasteiger partial charge >= 0.3 is 0 Å². The molecule has 1 saturated carbocycles. The monoisotopic (exact) mass is 244 g/mol. The van der Waals surface area contributed by atoms with Crippen molar-refractivity contribution in [3.8, 4) is 11.8 Å². The molecule has 1 aliphatic carbocycles. The molecule has 1 fully saturated rings. The first-order valence-corrected chi connectivity index (χ1v) is 6.18. The summed E-state index contributed by atoms with van der Waals surface area (Å²) >= 11 is 0. The zero-order chi connectivity index (χ0) is 12.4. The smallest absolute Gasteiger partial charge is 0.240 e. The van der Waals surface area contributed by atoms with Crippen molar-refractivity contribution in [1.29, 1.82) is 0 Å². The van der Waals surface area contributed by atoms with E-state index in [1.807, 2.05) is 25.1 Å². The van der Waals surface area contributed by atoms with Crippen LogP contribution >= 0.6 is 0 Å². The van der Waals surface area contributed by atoms with Gasteiger partial charge in [-0.15, -0.1) is 5.10 Å². The minimum Gasteiger partial charge on any atom is -0.419 e. The van der Waals surface area contributed by atoms with E-state index in [9.17, 15) is 0 Å². The van der Waals surface area contributed by atoms with Gasteiger partial charge in [-0.2, -0.15) is 0 Å². The second kappa shape index (κ2) is 4.78. The van der Waals surface area contributed by atoms with Gasteiger partial charge in [-0.1, -0.05) is 0 Å². The summed E-state index contributed by atoms with van der Waals surface area (Å²) in [4.78, 5) is 4.18. The van der Waals surface area contributed by atoms with Crippen molar-refractivity contribution in [2.75, 3.05) is 0 Å². The Kier molecular flexibility index (Phi) is 2.98. The van der Waals surface area contributed by atoms with E-state index in [2.05, 4.69) is 20.5 Å². The van der Waals surface area contributed by atoms with Crippen LogP contribution in [-0.4, -0.2) is 21.2 Å². The summed E-state index contributed by atoms with van der Waals surface area (Å²) in [6.07, 6.45) is 4.35.